The lowest BCUT2D eigenvalue weighted by atomic mass is 9.98. The van der Waals surface area contributed by atoms with Gasteiger partial charge in [0.25, 0.3) is 0 Å². The van der Waals surface area contributed by atoms with E-state index in [1.165, 1.54) is 13.3 Å². The van der Waals surface area contributed by atoms with Crippen LogP contribution in [0.1, 0.15) is 56.3 Å². The third kappa shape index (κ3) is 3.55. The SMILES string of the molecule is CC(=O)c1ccc2c(c1)N(C(C)C(=O)OC1CCCCC1)CCO2. The van der Waals surface area contributed by atoms with Gasteiger partial charge < -0.3 is 14.4 Å². The third-order valence-corrected chi connectivity index (χ3v) is 4.91. The highest BCUT2D eigenvalue weighted by Gasteiger charge is 2.30. The predicted octanol–water partition coefficient (Wildman–Crippen LogP) is 3.35. The highest BCUT2D eigenvalue weighted by molar-refractivity contribution is 5.96. The Morgan fingerprint density at radius 2 is 2.00 bits per heavy atom. The maximum atomic E-state index is 12.6. The summed E-state index contributed by atoms with van der Waals surface area (Å²) in [5, 5.41) is 0. The van der Waals surface area contributed by atoms with Crippen molar-refractivity contribution >= 4 is 17.4 Å². The van der Waals surface area contributed by atoms with Crippen LogP contribution >= 0.6 is 0 Å². The Balaban J connectivity index is 1.75. The molecular weight excluding hydrogens is 306 g/mol. The Labute approximate surface area is 142 Å². The van der Waals surface area contributed by atoms with Crippen LogP contribution in [0.3, 0.4) is 0 Å². The van der Waals surface area contributed by atoms with Crippen molar-refractivity contribution in [3.05, 3.63) is 23.8 Å². The van der Waals surface area contributed by atoms with E-state index in [0.717, 1.165) is 31.4 Å². The molecule has 1 aliphatic heterocycles. The van der Waals surface area contributed by atoms with E-state index in [1.807, 2.05) is 11.8 Å². The van der Waals surface area contributed by atoms with Crippen LogP contribution in [-0.2, 0) is 9.53 Å². The second-order valence-electron chi connectivity index (χ2n) is 6.65. The van der Waals surface area contributed by atoms with Crippen molar-refractivity contribution < 1.29 is 19.1 Å². The molecule has 1 heterocycles. The molecule has 2 aliphatic rings. The number of carbonyl (C=O) groups excluding carboxylic acids is 2. The minimum absolute atomic E-state index is 0.000702. The lowest BCUT2D eigenvalue weighted by Crippen LogP contribution is -2.45. The summed E-state index contributed by atoms with van der Waals surface area (Å²) in [6, 6.07) is 4.98. The molecular formula is C19H25NO4. The number of ketones is 1. The van der Waals surface area contributed by atoms with Crippen molar-refractivity contribution in [2.24, 2.45) is 0 Å². The second kappa shape index (κ2) is 7.24. The second-order valence-corrected chi connectivity index (χ2v) is 6.65. The van der Waals surface area contributed by atoms with Crippen molar-refractivity contribution in [2.45, 2.75) is 58.1 Å². The van der Waals surface area contributed by atoms with E-state index in [9.17, 15) is 9.59 Å². The molecule has 5 nitrogen and oxygen atoms in total. The van der Waals surface area contributed by atoms with Crippen LogP contribution in [0.4, 0.5) is 5.69 Å². The van der Waals surface area contributed by atoms with E-state index in [4.69, 9.17) is 9.47 Å². The van der Waals surface area contributed by atoms with Crippen LogP contribution in [-0.4, -0.2) is 37.0 Å². The molecule has 1 fully saturated rings. The van der Waals surface area contributed by atoms with E-state index in [1.54, 1.807) is 18.2 Å². The molecule has 0 spiro atoms. The molecule has 1 unspecified atom stereocenters. The maximum Gasteiger partial charge on any atom is 0.328 e. The first-order chi connectivity index (χ1) is 11.6. The molecule has 3 rings (SSSR count). The molecule has 1 aromatic rings. The molecule has 24 heavy (non-hydrogen) atoms. The normalized spacial score (nSPS) is 19.2. The number of ether oxygens (including phenoxy) is 2. The molecule has 1 aromatic carbocycles. The van der Waals surface area contributed by atoms with Crippen LogP contribution in [0.5, 0.6) is 5.75 Å². The fourth-order valence-electron chi connectivity index (χ4n) is 3.43. The maximum absolute atomic E-state index is 12.6. The largest absolute Gasteiger partial charge is 0.490 e. The molecule has 0 amide bonds. The fraction of sp³-hybridized carbons (Fsp3) is 0.579. The summed E-state index contributed by atoms with van der Waals surface area (Å²) in [6.45, 7) is 4.53. The number of anilines is 1. The molecule has 0 aromatic heterocycles. The predicted molar refractivity (Wildman–Crippen MR) is 91.7 cm³/mol. The Morgan fingerprint density at radius 3 is 2.71 bits per heavy atom. The van der Waals surface area contributed by atoms with Crippen LogP contribution in [0.15, 0.2) is 18.2 Å². The highest BCUT2D eigenvalue weighted by Crippen LogP contribution is 2.34. The number of hydrogen-bond donors (Lipinski definition) is 0. The van der Waals surface area contributed by atoms with Gasteiger partial charge in [-0.1, -0.05) is 6.42 Å². The van der Waals surface area contributed by atoms with Crippen molar-refractivity contribution in [1.29, 1.82) is 0 Å². The topological polar surface area (TPSA) is 55.8 Å². The van der Waals surface area contributed by atoms with E-state index >= 15 is 0 Å². The zero-order valence-corrected chi connectivity index (χ0v) is 14.4. The van der Waals surface area contributed by atoms with Gasteiger partial charge in [0.2, 0.25) is 0 Å². The molecule has 0 radical (unpaired) electrons. The average Bonchev–Trinajstić information content (AvgIpc) is 2.60. The first-order valence-corrected chi connectivity index (χ1v) is 8.81. The third-order valence-electron chi connectivity index (χ3n) is 4.91. The number of hydrogen-bond acceptors (Lipinski definition) is 5. The quantitative estimate of drug-likeness (QED) is 0.625. The van der Waals surface area contributed by atoms with Gasteiger partial charge in [-0.15, -0.1) is 0 Å². The van der Waals surface area contributed by atoms with E-state index in [0.29, 0.717) is 24.5 Å². The molecule has 0 N–H and O–H groups in total. The summed E-state index contributed by atoms with van der Waals surface area (Å²) in [4.78, 5) is 26.2. The lowest BCUT2D eigenvalue weighted by Gasteiger charge is -2.35. The van der Waals surface area contributed by atoms with Gasteiger partial charge in [-0.2, -0.15) is 0 Å². The molecule has 1 saturated carbocycles. The van der Waals surface area contributed by atoms with Gasteiger partial charge in [0, 0.05) is 5.56 Å². The minimum Gasteiger partial charge on any atom is -0.490 e. The number of benzene rings is 1. The average molecular weight is 331 g/mol. The van der Waals surface area contributed by atoms with Crippen LogP contribution in [0, 0.1) is 0 Å². The number of esters is 1. The monoisotopic (exact) mass is 331 g/mol. The molecule has 1 atom stereocenters. The Bertz CT molecular complexity index is 622. The zero-order valence-electron chi connectivity index (χ0n) is 14.4. The van der Waals surface area contributed by atoms with Crippen LogP contribution < -0.4 is 9.64 Å². The molecule has 5 heteroatoms. The van der Waals surface area contributed by atoms with Gasteiger partial charge in [0.05, 0.1) is 12.2 Å². The first-order valence-electron chi connectivity index (χ1n) is 8.81. The number of fused-ring (bicyclic) bond motifs is 1. The number of nitrogens with zero attached hydrogens (tertiary/aromatic N) is 1. The lowest BCUT2D eigenvalue weighted by molar-refractivity contribution is -0.151. The van der Waals surface area contributed by atoms with Gasteiger partial charge in [-0.05, 0) is 57.7 Å². The highest BCUT2D eigenvalue weighted by atomic mass is 16.5. The summed E-state index contributed by atoms with van der Waals surface area (Å²) in [6.07, 6.45) is 5.48. The summed E-state index contributed by atoms with van der Waals surface area (Å²) < 4.78 is 11.4. The molecule has 130 valence electrons. The fourth-order valence-corrected chi connectivity index (χ4v) is 3.43. The van der Waals surface area contributed by atoms with Crippen LogP contribution in [0.25, 0.3) is 0 Å². The Morgan fingerprint density at radius 1 is 1.25 bits per heavy atom. The van der Waals surface area contributed by atoms with Gasteiger partial charge in [-0.3, -0.25) is 4.79 Å². The number of rotatable bonds is 4. The van der Waals surface area contributed by atoms with Gasteiger partial charge in [0.1, 0.15) is 24.5 Å². The summed E-state index contributed by atoms with van der Waals surface area (Å²) in [5.74, 6) is 0.521. The zero-order chi connectivity index (χ0) is 17.1. The summed E-state index contributed by atoms with van der Waals surface area (Å²) in [7, 11) is 0. The summed E-state index contributed by atoms with van der Waals surface area (Å²) in [5.41, 5.74) is 1.42. The van der Waals surface area contributed by atoms with Crippen molar-refractivity contribution in [3.63, 3.8) is 0 Å². The minimum atomic E-state index is -0.392. The molecule has 0 bridgehead atoms. The standard InChI is InChI=1S/C19H25NO4/c1-13(19(22)24-16-6-4-3-5-7-16)20-10-11-23-18-9-8-15(14(2)21)12-17(18)20/h8-9,12-13,16H,3-7,10-11H2,1-2H3. The number of Topliss-reactive ketones (excluding diaryl/α,β-unsaturated/α-hetero) is 1. The Hall–Kier alpha value is -2.04. The van der Waals surface area contributed by atoms with Crippen LogP contribution in [0.2, 0.25) is 0 Å². The van der Waals surface area contributed by atoms with Gasteiger partial charge >= 0.3 is 5.97 Å². The van der Waals surface area contributed by atoms with Crippen molar-refractivity contribution in [2.75, 3.05) is 18.1 Å². The first kappa shape index (κ1) is 16.8. The summed E-state index contributed by atoms with van der Waals surface area (Å²) >= 11 is 0. The molecule has 0 saturated heterocycles. The number of carbonyl (C=O) groups is 2. The van der Waals surface area contributed by atoms with E-state index in [2.05, 4.69) is 0 Å². The van der Waals surface area contributed by atoms with Crippen molar-refractivity contribution in [1.82, 2.24) is 0 Å². The molecule has 1 aliphatic carbocycles. The smallest absolute Gasteiger partial charge is 0.328 e. The van der Waals surface area contributed by atoms with Gasteiger partial charge in [-0.25, -0.2) is 4.79 Å². The Kier molecular flexibility index (Phi) is 5.07. The van der Waals surface area contributed by atoms with E-state index < -0.39 is 6.04 Å². The van der Waals surface area contributed by atoms with Crippen molar-refractivity contribution in [3.8, 4) is 5.75 Å². The van der Waals surface area contributed by atoms with Gasteiger partial charge in [0.15, 0.2) is 5.78 Å². The van der Waals surface area contributed by atoms with E-state index in [-0.39, 0.29) is 17.9 Å².